The molecule has 0 aromatic rings. The van der Waals surface area contributed by atoms with Crippen molar-refractivity contribution in [2.24, 2.45) is 5.73 Å². The maximum absolute atomic E-state index is 5.53. The molecule has 0 aliphatic carbocycles. The number of nitrogens with two attached hydrogens (primary N) is 1. The molecule has 0 aromatic heterocycles. The van der Waals surface area contributed by atoms with E-state index in [1.165, 1.54) is 193 Å². The van der Waals surface area contributed by atoms with Crippen molar-refractivity contribution in [3.8, 4) is 0 Å². The molecule has 37 heavy (non-hydrogen) atoms. The SMILES string of the molecule is CCCCCCCC/C=C\CCCCCCCCCCCCCCCC/C=C\CCCCCCCCN. The molecule has 0 rings (SSSR count). The second kappa shape index (κ2) is 35.4. The Kier molecular flexibility index (Phi) is 34.9. The van der Waals surface area contributed by atoms with E-state index >= 15 is 0 Å². The van der Waals surface area contributed by atoms with Crippen molar-refractivity contribution in [3.63, 3.8) is 0 Å². The molecule has 0 bridgehead atoms. The molecule has 0 aliphatic heterocycles. The van der Waals surface area contributed by atoms with E-state index in [9.17, 15) is 0 Å². The lowest BCUT2D eigenvalue weighted by atomic mass is 10.0. The second-order valence-electron chi connectivity index (χ2n) is 11.7. The summed E-state index contributed by atoms with van der Waals surface area (Å²) in [7, 11) is 0. The standard InChI is InChI=1S/C36H71N/c1-2-3-4-5-6-7-8-9-10-11-12-13-14-15-16-17-18-19-20-21-22-23-24-25-26-27-28-29-30-31-32-33-34-35-36-37/h9-10,27-28H,2-8,11-26,29-37H2,1H3/b10-9-,28-27-. The summed E-state index contributed by atoms with van der Waals surface area (Å²) in [5.74, 6) is 0. The average molecular weight is 518 g/mol. The Morgan fingerprint density at radius 3 is 0.757 bits per heavy atom. The quantitative estimate of drug-likeness (QED) is 0.0696. The van der Waals surface area contributed by atoms with Crippen LogP contribution in [0.5, 0.6) is 0 Å². The zero-order valence-electron chi connectivity index (χ0n) is 25.8. The van der Waals surface area contributed by atoms with Crippen molar-refractivity contribution in [2.75, 3.05) is 6.54 Å². The molecule has 1 nitrogen and oxygen atoms in total. The third-order valence-electron chi connectivity index (χ3n) is 7.87. The van der Waals surface area contributed by atoms with Crippen molar-refractivity contribution in [1.29, 1.82) is 0 Å². The summed E-state index contributed by atoms with van der Waals surface area (Å²) in [4.78, 5) is 0. The molecular weight excluding hydrogens is 446 g/mol. The molecule has 0 amide bonds. The molecule has 220 valence electrons. The zero-order chi connectivity index (χ0) is 26.7. The first-order valence-electron chi connectivity index (χ1n) is 17.4. The van der Waals surface area contributed by atoms with E-state index in [1.807, 2.05) is 0 Å². The Hall–Kier alpha value is -0.560. The molecular formula is C36H71N. The highest BCUT2D eigenvalue weighted by atomic mass is 14.5. The van der Waals surface area contributed by atoms with Gasteiger partial charge in [0.05, 0.1) is 0 Å². The van der Waals surface area contributed by atoms with Crippen LogP contribution in [0.15, 0.2) is 24.3 Å². The van der Waals surface area contributed by atoms with E-state index in [0.717, 1.165) is 6.54 Å². The van der Waals surface area contributed by atoms with Gasteiger partial charge in [-0.1, -0.05) is 166 Å². The van der Waals surface area contributed by atoms with Crippen molar-refractivity contribution >= 4 is 0 Å². The lowest BCUT2D eigenvalue weighted by molar-refractivity contribution is 0.534. The van der Waals surface area contributed by atoms with Crippen LogP contribution in [0.2, 0.25) is 0 Å². The van der Waals surface area contributed by atoms with Gasteiger partial charge in [-0.05, 0) is 64.3 Å². The maximum atomic E-state index is 5.53. The van der Waals surface area contributed by atoms with Gasteiger partial charge < -0.3 is 5.73 Å². The van der Waals surface area contributed by atoms with Gasteiger partial charge in [-0.25, -0.2) is 0 Å². The minimum atomic E-state index is 0.862. The number of unbranched alkanes of at least 4 members (excludes halogenated alkanes) is 27. The fourth-order valence-electron chi connectivity index (χ4n) is 5.27. The van der Waals surface area contributed by atoms with E-state index in [-0.39, 0.29) is 0 Å². The summed E-state index contributed by atoms with van der Waals surface area (Å²) < 4.78 is 0. The Labute approximate surface area is 235 Å². The Bertz CT molecular complexity index is 438. The Balaban J connectivity index is 3.10. The molecule has 0 aromatic carbocycles. The molecule has 0 spiro atoms. The molecule has 0 unspecified atom stereocenters. The van der Waals surface area contributed by atoms with Gasteiger partial charge in [0.15, 0.2) is 0 Å². The number of hydrogen-bond donors (Lipinski definition) is 1. The first-order valence-corrected chi connectivity index (χ1v) is 17.4. The average Bonchev–Trinajstić information content (AvgIpc) is 2.91. The van der Waals surface area contributed by atoms with Crippen LogP contribution in [0.3, 0.4) is 0 Å². The molecule has 1 heteroatoms. The van der Waals surface area contributed by atoms with Gasteiger partial charge in [0, 0.05) is 0 Å². The number of rotatable bonds is 32. The minimum absolute atomic E-state index is 0.862. The van der Waals surface area contributed by atoms with Gasteiger partial charge >= 0.3 is 0 Å². The summed E-state index contributed by atoms with van der Waals surface area (Å²) in [6, 6.07) is 0. The van der Waals surface area contributed by atoms with Gasteiger partial charge in [-0.3, -0.25) is 0 Å². The van der Waals surface area contributed by atoms with Crippen LogP contribution < -0.4 is 5.73 Å². The van der Waals surface area contributed by atoms with Gasteiger partial charge in [-0.2, -0.15) is 0 Å². The predicted octanol–water partition coefficient (Wildman–Crippen LogP) is 12.8. The summed E-state index contributed by atoms with van der Waals surface area (Å²) >= 11 is 0. The van der Waals surface area contributed by atoms with Crippen molar-refractivity contribution < 1.29 is 0 Å². The minimum Gasteiger partial charge on any atom is -0.330 e. The molecule has 0 saturated heterocycles. The fourth-order valence-corrected chi connectivity index (χ4v) is 5.27. The summed E-state index contributed by atoms with van der Waals surface area (Å²) in [5.41, 5.74) is 5.53. The molecule has 0 atom stereocenters. The van der Waals surface area contributed by atoms with Gasteiger partial charge in [0.1, 0.15) is 0 Å². The first-order chi connectivity index (χ1) is 18.4. The number of hydrogen-bond acceptors (Lipinski definition) is 1. The van der Waals surface area contributed by atoms with Crippen LogP contribution in [0.1, 0.15) is 200 Å². The summed E-state index contributed by atoms with van der Waals surface area (Å²) in [5, 5.41) is 0. The highest BCUT2D eigenvalue weighted by molar-refractivity contribution is 4.82. The zero-order valence-corrected chi connectivity index (χ0v) is 25.8. The van der Waals surface area contributed by atoms with E-state index in [2.05, 4.69) is 31.2 Å². The number of allylic oxidation sites excluding steroid dienone is 4. The summed E-state index contributed by atoms with van der Waals surface area (Å²) in [6.45, 7) is 3.16. The van der Waals surface area contributed by atoms with E-state index in [1.54, 1.807) is 0 Å². The topological polar surface area (TPSA) is 26.0 Å². The van der Waals surface area contributed by atoms with Crippen molar-refractivity contribution in [1.82, 2.24) is 0 Å². The Morgan fingerprint density at radius 1 is 0.297 bits per heavy atom. The smallest absolute Gasteiger partial charge is 0.00773 e. The monoisotopic (exact) mass is 518 g/mol. The van der Waals surface area contributed by atoms with Crippen LogP contribution in [0.4, 0.5) is 0 Å². The lowest BCUT2D eigenvalue weighted by Gasteiger charge is -2.03. The highest BCUT2D eigenvalue weighted by Gasteiger charge is 1.95. The molecule has 0 heterocycles. The highest BCUT2D eigenvalue weighted by Crippen LogP contribution is 2.14. The van der Waals surface area contributed by atoms with Gasteiger partial charge in [0.25, 0.3) is 0 Å². The van der Waals surface area contributed by atoms with Crippen LogP contribution in [-0.2, 0) is 0 Å². The van der Waals surface area contributed by atoms with Crippen LogP contribution in [0.25, 0.3) is 0 Å². The maximum Gasteiger partial charge on any atom is -0.00773 e. The third kappa shape index (κ3) is 35.4. The van der Waals surface area contributed by atoms with Crippen LogP contribution in [0, 0.1) is 0 Å². The van der Waals surface area contributed by atoms with E-state index in [4.69, 9.17) is 5.73 Å². The Morgan fingerprint density at radius 2 is 0.514 bits per heavy atom. The molecule has 0 saturated carbocycles. The largest absolute Gasteiger partial charge is 0.330 e. The fraction of sp³-hybridized carbons (Fsp3) is 0.889. The van der Waals surface area contributed by atoms with Crippen LogP contribution in [-0.4, -0.2) is 6.54 Å². The van der Waals surface area contributed by atoms with E-state index < -0.39 is 0 Å². The molecule has 2 N–H and O–H groups in total. The molecule has 0 aliphatic rings. The lowest BCUT2D eigenvalue weighted by Crippen LogP contribution is -1.97. The normalized spacial score (nSPS) is 11.9. The van der Waals surface area contributed by atoms with Gasteiger partial charge in [-0.15, -0.1) is 0 Å². The van der Waals surface area contributed by atoms with Crippen molar-refractivity contribution in [3.05, 3.63) is 24.3 Å². The molecule has 0 radical (unpaired) electrons. The third-order valence-corrected chi connectivity index (χ3v) is 7.87. The summed E-state index contributed by atoms with van der Waals surface area (Å²) in [6.07, 6.45) is 51.8. The van der Waals surface area contributed by atoms with E-state index in [0.29, 0.717) is 0 Å². The second-order valence-corrected chi connectivity index (χ2v) is 11.7. The first kappa shape index (κ1) is 36.4. The van der Waals surface area contributed by atoms with Crippen LogP contribution >= 0.6 is 0 Å². The molecule has 0 fully saturated rings. The predicted molar refractivity (Wildman–Crippen MR) is 172 cm³/mol. The van der Waals surface area contributed by atoms with Crippen molar-refractivity contribution in [2.45, 2.75) is 200 Å². The van der Waals surface area contributed by atoms with Gasteiger partial charge in [0.2, 0.25) is 0 Å².